The minimum atomic E-state index is 0.728. The Morgan fingerprint density at radius 2 is 2.07 bits per heavy atom. The Balaban J connectivity index is 1.52. The maximum atomic E-state index is 3.64. The van der Waals surface area contributed by atoms with E-state index in [1.54, 1.807) is 0 Å². The Kier molecular flexibility index (Phi) is 4.22. The minimum Gasteiger partial charge on any atom is -0.315 e. The maximum absolute atomic E-state index is 3.64. The normalized spacial score (nSPS) is 29.6. The Hall–Kier alpha value is -0.120. The lowest BCUT2D eigenvalue weighted by molar-refractivity contribution is 0.313. The number of hydrogen-bond donors (Lipinski definition) is 2. The molecule has 2 heterocycles. The molecule has 0 spiro atoms. The molecular weight excluding hydrogens is 174 g/mol. The molecule has 0 aromatic rings. The largest absolute Gasteiger partial charge is 0.315 e. The molecule has 0 aromatic carbocycles. The van der Waals surface area contributed by atoms with E-state index in [9.17, 15) is 0 Å². The molecule has 0 bridgehead atoms. The van der Waals surface area contributed by atoms with E-state index in [1.165, 1.54) is 65.0 Å². The molecule has 2 rings (SSSR count). The molecule has 2 aliphatic rings. The third kappa shape index (κ3) is 3.23. The van der Waals surface area contributed by atoms with Gasteiger partial charge in [-0.15, -0.1) is 0 Å². The fourth-order valence-corrected chi connectivity index (χ4v) is 2.46. The molecule has 1 atom stereocenters. The molecule has 3 nitrogen and oxygen atoms in total. The lowest BCUT2D eigenvalue weighted by atomic mass is 10.1. The average molecular weight is 197 g/mol. The second-order valence-electron chi connectivity index (χ2n) is 4.55. The number of nitrogens with one attached hydrogen (secondary N) is 2. The third-order valence-corrected chi connectivity index (χ3v) is 3.36. The van der Waals surface area contributed by atoms with Gasteiger partial charge < -0.3 is 15.5 Å². The lowest BCUT2D eigenvalue weighted by Crippen LogP contribution is -2.45. The standard InChI is InChI=1S/C11H23N3/c1-2-8-14(7-1)9-6-13-11-4-3-5-12-10-11/h11-13H,1-10H2. The van der Waals surface area contributed by atoms with Crippen molar-refractivity contribution in [3.05, 3.63) is 0 Å². The molecule has 3 heteroatoms. The molecule has 2 saturated heterocycles. The molecule has 0 saturated carbocycles. The van der Waals surface area contributed by atoms with Crippen LogP contribution in [0.5, 0.6) is 0 Å². The quantitative estimate of drug-likeness (QED) is 0.684. The van der Waals surface area contributed by atoms with E-state index in [2.05, 4.69) is 15.5 Å². The highest BCUT2D eigenvalue weighted by Crippen LogP contribution is 2.06. The summed E-state index contributed by atoms with van der Waals surface area (Å²) < 4.78 is 0. The summed E-state index contributed by atoms with van der Waals surface area (Å²) in [5, 5.41) is 7.08. The predicted octanol–water partition coefficient (Wildman–Crippen LogP) is 0.424. The van der Waals surface area contributed by atoms with Gasteiger partial charge >= 0.3 is 0 Å². The summed E-state index contributed by atoms with van der Waals surface area (Å²) >= 11 is 0. The Bertz CT molecular complexity index is 149. The summed E-state index contributed by atoms with van der Waals surface area (Å²) in [5.41, 5.74) is 0. The third-order valence-electron chi connectivity index (χ3n) is 3.36. The summed E-state index contributed by atoms with van der Waals surface area (Å²) in [6.07, 6.45) is 5.50. The van der Waals surface area contributed by atoms with E-state index < -0.39 is 0 Å². The highest BCUT2D eigenvalue weighted by molar-refractivity contribution is 4.76. The second kappa shape index (κ2) is 5.69. The van der Waals surface area contributed by atoms with Crippen LogP contribution in [-0.2, 0) is 0 Å². The van der Waals surface area contributed by atoms with Gasteiger partial charge in [0.1, 0.15) is 0 Å². The molecule has 0 aliphatic carbocycles. The van der Waals surface area contributed by atoms with E-state index in [0.717, 1.165) is 6.04 Å². The maximum Gasteiger partial charge on any atom is 0.0193 e. The van der Waals surface area contributed by atoms with Crippen LogP contribution in [0.3, 0.4) is 0 Å². The number of nitrogens with zero attached hydrogens (tertiary/aromatic N) is 1. The predicted molar refractivity (Wildman–Crippen MR) is 59.6 cm³/mol. The Morgan fingerprint density at radius 3 is 2.79 bits per heavy atom. The fraction of sp³-hybridized carbons (Fsp3) is 1.00. The van der Waals surface area contributed by atoms with Crippen molar-refractivity contribution < 1.29 is 0 Å². The van der Waals surface area contributed by atoms with E-state index in [-0.39, 0.29) is 0 Å². The van der Waals surface area contributed by atoms with E-state index in [4.69, 9.17) is 0 Å². The molecule has 2 aliphatic heterocycles. The van der Waals surface area contributed by atoms with Crippen LogP contribution < -0.4 is 10.6 Å². The summed E-state index contributed by atoms with van der Waals surface area (Å²) in [6.45, 7) is 7.45. The van der Waals surface area contributed by atoms with Gasteiger partial charge in [-0.3, -0.25) is 0 Å². The topological polar surface area (TPSA) is 27.3 Å². The van der Waals surface area contributed by atoms with Crippen LogP contribution in [0.2, 0.25) is 0 Å². The van der Waals surface area contributed by atoms with Crippen molar-refractivity contribution in [2.75, 3.05) is 39.3 Å². The molecule has 2 N–H and O–H groups in total. The summed E-state index contributed by atoms with van der Waals surface area (Å²) in [7, 11) is 0. The van der Waals surface area contributed by atoms with Gasteiger partial charge in [0.25, 0.3) is 0 Å². The van der Waals surface area contributed by atoms with Crippen molar-refractivity contribution >= 4 is 0 Å². The first kappa shape index (κ1) is 10.4. The average Bonchev–Trinajstić information content (AvgIpc) is 2.72. The van der Waals surface area contributed by atoms with Gasteiger partial charge in [-0.1, -0.05) is 0 Å². The van der Waals surface area contributed by atoms with Crippen molar-refractivity contribution in [2.24, 2.45) is 0 Å². The van der Waals surface area contributed by atoms with Crippen molar-refractivity contribution in [3.63, 3.8) is 0 Å². The van der Waals surface area contributed by atoms with Crippen LogP contribution in [0.1, 0.15) is 25.7 Å². The molecular formula is C11H23N3. The second-order valence-corrected chi connectivity index (χ2v) is 4.55. The SMILES string of the molecule is C1CNCC(NCCN2CCCC2)C1. The first-order valence-corrected chi connectivity index (χ1v) is 6.11. The summed E-state index contributed by atoms with van der Waals surface area (Å²) in [4.78, 5) is 2.57. The van der Waals surface area contributed by atoms with Crippen LogP contribution in [0.15, 0.2) is 0 Å². The van der Waals surface area contributed by atoms with E-state index >= 15 is 0 Å². The molecule has 1 unspecified atom stereocenters. The van der Waals surface area contributed by atoms with E-state index in [1.807, 2.05) is 0 Å². The Morgan fingerprint density at radius 1 is 1.21 bits per heavy atom. The number of rotatable bonds is 4. The molecule has 82 valence electrons. The van der Waals surface area contributed by atoms with Crippen LogP contribution >= 0.6 is 0 Å². The molecule has 0 radical (unpaired) electrons. The van der Waals surface area contributed by atoms with Crippen LogP contribution in [0, 0.1) is 0 Å². The first-order valence-electron chi connectivity index (χ1n) is 6.11. The fourth-order valence-electron chi connectivity index (χ4n) is 2.46. The highest BCUT2D eigenvalue weighted by Gasteiger charge is 2.13. The first-order chi connectivity index (χ1) is 6.95. The van der Waals surface area contributed by atoms with Gasteiger partial charge in [0.15, 0.2) is 0 Å². The zero-order valence-electron chi connectivity index (χ0n) is 9.10. The van der Waals surface area contributed by atoms with Crippen LogP contribution in [0.4, 0.5) is 0 Å². The van der Waals surface area contributed by atoms with Gasteiger partial charge in [-0.2, -0.15) is 0 Å². The smallest absolute Gasteiger partial charge is 0.0193 e. The van der Waals surface area contributed by atoms with Crippen molar-refractivity contribution in [2.45, 2.75) is 31.7 Å². The molecule has 0 amide bonds. The lowest BCUT2D eigenvalue weighted by Gasteiger charge is -2.25. The van der Waals surface area contributed by atoms with Crippen molar-refractivity contribution in [1.29, 1.82) is 0 Å². The van der Waals surface area contributed by atoms with Crippen LogP contribution in [0.25, 0.3) is 0 Å². The van der Waals surface area contributed by atoms with Gasteiger partial charge in [0, 0.05) is 25.7 Å². The summed E-state index contributed by atoms with van der Waals surface area (Å²) in [5.74, 6) is 0. The zero-order chi connectivity index (χ0) is 9.64. The molecule has 2 fully saturated rings. The van der Waals surface area contributed by atoms with Crippen molar-refractivity contribution in [3.8, 4) is 0 Å². The minimum absolute atomic E-state index is 0.728. The molecule has 14 heavy (non-hydrogen) atoms. The van der Waals surface area contributed by atoms with Gasteiger partial charge in [0.05, 0.1) is 0 Å². The highest BCUT2D eigenvalue weighted by atomic mass is 15.2. The number of likely N-dealkylation sites (tertiary alicyclic amines) is 1. The molecule has 0 aromatic heterocycles. The summed E-state index contributed by atoms with van der Waals surface area (Å²) in [6, 6.07) is 0.728. The number of piperidine rings is 1. The van der Waals surface area contributed by atoms with Gasteiger partial charge in [-0.25, -0.2) is 0 Å². The monoisotopic (exact) mass is 197 g/mol. The van der Waals surface area contributed by atoms with E-state index in [0.29, 0.717) is 0 Å². The van der Waals surface area contributed by atoms with Crippen molar-refractivity contribution in [1.82, 2.24) is 15.5 Å². The van der Waals surface area contributed by atoms with Gasteiger partial charge in [0.2, 0.25) is 0 Å². The Labute approximate surface area is 87.2 Å². The number of hydrogen-bond acceptors (Lipinski definition) is 3. The zero-order valence-corrected chi connectivity index (χ0v) is 9.10. The van der Waals surface area contributed by atoms with Gasteiger partial charge in [-0.05, 0) is 45.3 Å². The van der Waals surface area contributed by atoms with Crippen LogP contribution in [-0.4, -0.2) is 50.2 Å².